The highest BCUT2D eigenvalue weighted by molar-refractivity contribution is 9.10. The average Bonchev–Trinajstić information content (AvgIpc) is 2.81. The molecule has 6 heteroatoms. The molecule has 0 aromatic carbocycles. The van der Waals surface area contributed by atoms with Crippen LogP contribution in [0.5, 0.6) is 5.75 Å². The van der Waals surface area contributed by atoms with Crippen molar-refractivity contribution in [3.63, 3.8) is 0 Å². The van der Waals surface area contributed by atoms with Gasteiger partial charge in [-0.1, -0.05) is 0 Å². The van der Waals surface area contributed by atoms with Crippen LogP contribution in [-0.2, 0) is 4.79 Å². The predicted octanol–water partition coefficient (Wildman–Crippen LogP) is 1.30. The molecule has 1 fully saturated rings. The van der Waals surface area contributed by atoms with Crippen molar-refractivity contribution in [1.29, 1.82) is 0 Å². The summed E-state index contributed by atoms with van der Waals surface area (Å²) in [5, 5.41) is 6.07. The van der Waals surface area contributed by atoms with Crippen molar-refractivity contribution in [3.8, 4) is 5.75 Å². The van der Waals surface area contributed by atoms with Crippen molar-refractivity contribution in [1.82, 2.24) is 10.3 Å². The number of aromatic nitrogens is 1. The molecule has 0 spiro atoms. The van der Waals surface area contributed by atoms with E-state index in [1.165, 1.54) is 0 Å². The van der Waals surface area contributed by atoms with Crippen LogP contribution in [-0.4, -0.2) is 29.6 Å². The van der Waals surface area contributed by atoms with Crippen molar-refractivity contribution in [2.24, 2.45) is 0 Å². The summed E-state index contributed by atoms with van der Waals surface area (Å²) in [5.41, 5.74) is 0. The van der Waals surface area contributed by atoms with Gasteiger partial charge in [-0.15, -0.1) is 0 Å². The average molecular weight is 298 g/mol. The lowest BCUT2D eigenvalue weighted by Crippen LogP contribution is -2.49. The van der Waals surface area contributed by atoms with E-state index in [1.807, 2.05) is 6.07 Å². The van der Waals surface area contributed by atoms with Crippen LogP contribution in [0.1, 0.15) is 12.8 Å². The third kappa shape index (κ3) is 2.02. The fourth-order valence-electron chi connectivity index (χ4n) is 2.22. The monoisotopic (exact) mass is 297 g/mol. The minimum atomic E-state index is -0.451. The summed E-state index contributed by atoms with van der Waals surface area (Å²) in [6.07, 6.45) is 1.61. The summed E-state index contributed by atoms with van der Waals surface area (Å²) in [6, 6.07) is 3.72. The molecule has 0 bridgehead atoms. The van der Waals surface area contributed by atoms with E-state index in [1.54, 1.807) is 6.07 Å². The number of hydrogen-bond acceptors (Lipinski definition) is 4. The Bertz CT molecular complexity index is 460. The van der Waals surface area contributed by atoms with Gasteiger partial charge in [0.05, 0.1) is 6.04 Å². The standard InChI is InChI=1S/C11H12BrN3O2/c12-8-4-3-7-10(14-8)15-11(16)9(17-7)6-2-1-5-13-6/h3-4,6,9,13H,1-2,5H2,(H,14,15,16). The van der Waals surface area contributed by atoms with Crippen LogP contribution >= 0.6 is 15.9 Å². The molecule has 1 aromatic heterocycles. The lowest BCUT2D eigenvalue weighted by atomic mass is 10.1. The molecule has 0 saturated carbocycles. The summed E-state index contributed by atoms with van der Waals surface area (Å²) in [7, 11) is 0. The number of amides is 1. The Morgan fingerprint density at radius 3 is 3.12 bits per heavy atom. The molecule has 5 nitrogen and oxygen atoms in total. The fourth-order valence-corrected chi connectivity index (χ4v) is 2.53. The molecule has 2 atom stereocenters. The number of fused-ring (bicyclic) bond motifs is 1. The van der Waals surface area contributed by atoms with Crippen LogP contribution in [0.2, 0.25) is 0 Å². The number of rotatable bonds is 1. The molecule has 0 aliphatic carbocycles. The number of carbonyl (C=O) groups is 1. The number of pyridine rings is 1. The SMILES string of the molecule is O=C1Nc2nc(Br)ccc2OC1C1CCCN1. The van der Waals surface area contributed by atoms with Crippen molar-refractivity contribution < 1.29 is 9.53 Å². The third-order valence-electron chi connectivity index (χ3n) is 3.04. The second-order valence-corrected chi connectivity index (χ2v) is 5.02. The molecule has 0 radical (unpaired) electrons. The van der Waals surface area contributed by atoms with E-state index < -0.39 is 6.10 Å². The lowest BCUT2D eigenvalue weighted by Gasteiger charge is -2.28. The Morgan fingerprint density at radius 1 is 1.47 bits per heavy atom. The van der Waals surface area contributed by atoms with Gasteiger partial charge in [0.1, 0.15) is 4.60 Å². The van der Waals surface area contributed by atoms with Gasteiger partial charge in [0.25, 0.3) is 5.91 Å². The molecule has 2 N–H and O–H groups in total. The molecule has 1 aromatic rings. The maximum atomic E-state index is 11.9. The molecule has 17 heavy (non-hydrogen) atoms. The Kier molecular flexibility index (Phi) is 2.76. The number of anilines is 1. The van der Waals surface area contributed by atoms with E-state index in [4.69, 9.17) is 4.74 Å². The van der Waals surface area contributed by atoms with Crippen LogP contribution in [0.4, 0.5) is 5.82 Å². The third-order valence-corrected chi connectivity index (χ3v) is 3.48. The summed E-state index contributed by atoms with van der Waals surface area (Å²) in [6.45, 7) is 0.948. The second-order valence-electron chi connectivity index (χ2n) is 4.21. The smallest absolute Gasteiger partial charge is 0.268 e. The zero-order chi connectivity index (χ0) is 11.8. The van der Waals surface area contributed by atoms with E-state index in [0.717, 1.165) is 19.4 Å². The molecule has 2 unspecified atom stereocenters. The van der Waals surface area contributed by atoms with Crippen molar-refractivity contribution in [2.75, 3.05) is 11.9 Å². The van der Waals surface area contributed by atoms with Gasteiger partial charge in [-0.05, 0) is 47.4 Å². The van der Waals surface area contributed by atoms with E-state index in [-0.39, 0.29) is 11.9 Å². The van der Waals surface area contributed by atoms with E-state index in [9.17, 15) is 4.79 Å². The number of hydrogen-bond donors (Lipinski definition) is 2. The lowest BCUT2D eigenvalue weighted by molar-refractivity contribution is -0.124. The first-order valence-electron chi connectivity index (χ1n) is 5.61. The Labute approximate surface area is 107 Å². The summed E-state index contributed by atoms with van der Waals surface area (Å²) >= 11 is 3.26. The van der Waals surface area contributed by atoms with Gasteiger partial charge in [0.15, 0.2) is 17.7 Å². The first-order valence-corrected chi connectivity index (χ1v) is 6.41. The molecule has 90 valence electrons. The van der Waals surface area contributed by atoms with Gasteiger partial charge < -0.3 is 15.4 Å². The summed E-state index contributed by atoms with van der Waals surface area (Å²) in [4.78, 5) is 16.1. The van der Waals surface area contributed by atoms with Gasteiger partial charge in [-0.25, -0.2) is 4.98 Å². The first kappa shape index (κ1) is 11.0. The zero-order valence-corrected chi connectivity index (χ0v) is 10.7. The molecule has 1 saturated heterocycles. The van der Waals surface area contributed by atoms with Gasteiger partial charge >= 0.3 is 0 Å². The van der Waals surface area contributed by atoms with Gasteiger partial charge in [-0.2, -0.15) is 0 Å². The van der Waals surface area contributed by atoms with Crippen molar-refractivity contribution >= 4 is 27.7 Å². The minimum absolute atomic E-state index is 0.104. The van der Waals surface area contributed by atoms with Gasteiger partial charge in [0, 0.05) is 0 Å². The molecule has 3 rings (SSSR count). The molecule has 2 aliphatic rings. The van der Waals surface area contributed by atoms with Crippen LogP contribution in [0.3, 0.4) is 0 Å². The maximum Gasteiger partial charge on any atom is 0.268 e. The van der Waals surface area contributed by atoms with Crippen molar-refractivity contribution in [2.45, 2.75) is 25.0 Å². The van der Waals surface area contributed by atoms with Crippen LogP contribution in [0.15, 0.2) is 16.7 Å². The van der Waals surface area contributed by atoms with E-state index >= 15 is 0 Å². The molecule has 1 amide bonds. The number of ether oxygens (including phenoxy) is 1. The van der Waals surface area contributed by atoms with E-state index in [0.29, 0.717) is 16.2 Å². The summed E-state index contributed by atoms with van der Waals surface area (Å²) < 4.78 is 6.40. The Morgan fingerprint density at radius 2 is 2.35 bits per heavy atom. The Hall–Kier alpha value is -1.14. The quantitative estimate of drug-likeness (QED) is 0.767. The van der Waals surface area contributed by atoms with Gasteiger partial charge in [0.2, 0.25) is 0 Å². The fraction of sp³-hybridized carbons (Fsp3) is 0.455. The van der Waals surface area contributed by atoms with Gasteiger partial charge in [-0.3, -0.25) is 4.79 Å². The second kappa shape index (κ2) is 4.27. The minimum Gasteiger partial charge on any atom is -0.475 e. The zero-order valence-electron chi connectivity index (χ0n) is 9.07. The molecule has 2 aliphatic heterocycles. The topological polar surface area (TPSA) is 63.2 Å². The highest BCUT2D eigenvalue weighted by Gasteiger charge is 2.36. The largest absolute Gasteiger partial charge is 0.475 e. The molecule has 3 heterocycles. The highest BCUT2D eigenvalue weighted by atomic mass is 79.9. The molecular weight excluding hydrogens is 286 g/mol. The Balaban J connectivity index is 1.87. The van der Waals surface area contributed by atoms with Crippen LogP contribution in [0, 0.1) is 0 Å². The number of carbonyl (C=O) groups excluding carboxylic acids is 1. The maximum absolute atomic E-state index is 11.9. The number of nitrogens with zero attached hydrogens (tertiary/aromatic N) is 1. The molecular formula is C11H12BrN3O2. The number of halogens is 1. The first-order chi connectivity index (χ1) is 8.24. The van der Waals surface area contributed by atoms with Crippen LogP contribution < -0.4 is 15.4 Å². The van der Waals surface area contributed by atoms with E-state index in [2.05, 4.69) is 31.5 Å². The highest BCUT2D eigenvalue weighted by Crippen LogP contribution is 2.30. The predicted molar refractivity (Wildman–Crippen MR) is 66.0 cm³/mol. The number of nitrogens with one attached hydrogen (secondary N) is 2. The normalized spacial score (nSPS) is 27.2. The summed E-state index contributed by atoms with van der Waals surface area (Å²) in [5.74, 6) is 0.993. The van der Waals surface area contributed by atoms with Crippen LogP contribution in [0.25, 0.3) is 0 Å². The van der Waals surface area contributed by atoms with Crippen molar-refractivity contribution in [3.05, 3.63) is 16.7 Å².